The third-order valence-electron chi connectivity index (χ3n) is 1.74. The summed E-state index contributed by atoms with van der Waals surface area (Å²) >= 11 is 4.71. The molecule has 0 aliphatic carbocycles. The number of benzene rings is 1. The van der Waals surface area contributed by atoms with Crippen molar-refractivity contribution in [2.45, 2.75) is 12.4 Å². The first kappa shape index (κ1) is 14.7. The van der Waals surface area contributed by atoms with E-state index in [0.29, 0.717) is 12.1 Å². The van der Waals surface area contributed by atoms with Gasteiger partial charge in [0.25, 0.3) is 0 Å². The van der Waals surface area contributed by atoms with Gasteiger partial charge in [0, 0.05) is 0 Å². The van der Waals surface area contributed by atoms with Gasteiger partial charge in [0.1, 0.15) is 5.69 Å². The molecule has 0 fully saturated rings. The number of alkyl halides is 6. The zero-order valence-electron chi connectivity index (χ0n) is 8.20. The van der Waals surface area contributed by atoms with Crippen LogP contribution in [0.3, 0.4) is 0 Å². The molecule has 1 rings (SSSR count). The molecule has 100 valence electrons. The van der Waals surface area contributed by atoms with Gasteiger partial charge < -0.3 is 0 Å². The van der Waals surface area contributed by atoms with Crippen molar-refractivity contribution >= 4 is 22.5 Å². The highest BCUT2D eigenvalue weighted by atomic mass is 35.5. The van der Waals surface area contributed by atoms with Gasteiger partial charge in [-0.05, 0) is 12.1 Å². The van der Waals surface area contributed by atoms with Crippen LogP contribution in [0.15, 0.2) is 23.2 Å². The van der Waals surface area contributed by atoms with Crippen LogP contribution in [-0.4, -0.2) is 11.3 Å². The normalized spacial score (nSPS) is 13.9. The quantitative estimate of drug-likeness (QED) is 0.527. The van der Waals surface area contributed by atoms with Crippen molar-refractivity contribution in [3.05, 3.63) is 29.6 Å². The molecular weight excluding hydrogens is 291 g/mol. The highest BCUT2D eigenvalue weighted by Gasteiger charge is 2.37. The SMILES string of the molecule is Fc1c(N=C(Cl)C(F)(F)F)cccc1C(F)(F)F. The van der Waals surface area contributed by atoms with E-state index < -0.39 is 34.6 Å². The second-order valence-corrected chi connectivity index (χ2v) is 3.39. The molecule has 0 saturated carbocycles. The summed E-state index contributed by atoms with van der Waals surface area (Å²) in [6.45, 7) is 0. The minimum Gasteiger partial charge on any atom is -0.229 e. The predicted molar refractivity (Wildman–Crippen MR) is 50.4 cm³/mol. The maximum Gasteiger partial charge on any atom is 0.444 e. The van der Waals surface area contributed by atoms with E-state index in [1.165, 1.54) is 0 Å². The van der Waals surface area contributed by atoms with Gasteiger partial charge in [0.05, 0.1) is 5.56 Å². The van der Waals surface area contributed by atoms with Crippen molar-refractivity contribution in [1.29, 1.82) is 0 Å². The van der Waals surface area contributed by atoms with Crippen LogP contribution >= 0.6 is 11.6 Å². The van der Waals surface area contributed by atoms with Crippen LogP contribution in [0.1, 0.15) is 5.56 Å². The summed E-state index contributed by atoms with van der Waals surface area (Å²) in [5, 5.41) is -1.96. The van der Waals surface area contributed by atoms with E-state index in [-0.39, 0.29) is 0 Å². The monoisotopic (exact) mass is 293 g/mol. The van der Waals surface area contributed by atoms with Crippen molar-refractivity contribution in [2.75, 3.05) is 0 Å². The van der Waals surface area contributed by atoms with E-state index in [4.69, 9.17) is 11.6 Å². The predicted octanol–water partition coefficient (Wildman–Crippen LogP) is 4.68. The molecular formula is C9H3ClF7N. The Balaban J connectivity index is 3.30. The lowest BCUT2D eigenvalue weighted by atomic mass is 10.2. The van der Waals surface area contributed by atoms with E-state index in [2.05, 4.69) is 4.99 Å². The van der Waals surface area contributed by atoms with E-state index >= 15 is 0 Å². The maximum absolute atomic E-state index is 13.3. The summed E-state index contributed by atoms with van der Waals surface area (Å²) in [6, 6.07) is 1.76. The molecule has 0 N–H and O–H groups in total. The lowest BCUT2D eigenvalue weighted by Crippen LogP contribution is -2.17. The number of aliphatic imine (C=N–C) groups is 1. The molecule has 0 aromatic heterocycles. The molecule has 0 amide bonds. The molecule has 9 heteroatoms. The second-order valence-electron chi connectivity index (χ2n) is 3.04. The van der Waals surface area contributed by atoms with Gasteiger partial charge in [0.15, 0.2) is 5.82 Å². The van der Waals surface area contributed by atoms with E-state index in [0.717, 1.165) is 6.07 Å². The standard InChI is InChI=1S/C9H3ClF7N/c10-7(9(15,16)17)18-5-3-1-2-4(6(5)11)8(12,13)14/h1-3H. The van der Waals surface area contributed by atoms with Gasteiger partial charge in [-0.3, -0.25) is 0 Å². The van der Waals surface area contributed by atoms with Crippen molar-refractivity contribution < 1.29 is 30.7 Å². The molecule has 0 aliphatic heterocycles. The molecule has 0 unspecified atom stereocenters. The van der Waals surface area contributed by atoms with Crippen LogP contribution in [0.5, 0.6) is 0 Å². The van der Waals surface area contributed by atoms with E-state index in [1.54, 1.807) is 0 Å². The zero-order valence-corrected chi connectivity index (χ0v) is 8.96. The Kier molecular flexibility index (Phi) is 3.89. The molecule has 0 radical (unpaired) electrons. The van der Waals surface area contributed by atoms with Gasteiger partial charge in [-0.15, -0.1) is 0 Å². The molecule has 0 aliphatic rings. The number of halogens is 8. The van der Waals surface area contributed by atoms with Crippen LogP contribution in [0.2, 0.25) is 0 Å². The maximum atomic E-state index is 13.3. The van der Waals surface area contributed by atoms with Gasteiger partial charge in [-0.1, -0.05) is 17.7 Å². The molecule has 0 saturated heterocycles. The summed E-state index contributed by atoms with van der Waals surface area (Å²) in [6.07, 6.45) is -10.1. The molecule has 0 bridgehead atoms. The van der Waals surface area contributed by atoms with Crippen LogP contribution in [-0.2, 0) is 6.18 Å². The second kappa shape index (κ2) is 4.75. The van der Waals surface area contributed by atoms with E-state index in [9.17, 15) is 30.7 Å². The summed E-state index contributed by atoms with van der Waals surface area (Å²) in [4.78, 5) is 2.59. The first-order valence-electron chi connectivity index (χ1n) is 4.20. The minimum atomic E-state index is -5.05. The highest BCUT2D eigenvalue weighted by molar-refractivity contribution is 6.67. The third-order valence-corrected chi connectivity index (χ3v) is 2.04. The first-order chi connectivity index (χ1) is 8.03. The Morgan fingerprint density at radius 3 is 2.06 bits per heavy atom. The summed E-state index contributed by atoms with van der Waals surface area (Å²) in [5.74, 6) is -1.91. The Morgan fingerprint density at radius 1 is 1.06 bits per heavy atom. The average molecular weight is 294 g/mol. The average Bonchev–Trinajstić information content (AvgIpc) is 2.17. The number of nitrogens with zero attached hydrogens (tertiary/aromatic N) is 1. The Bertz CT molecular complexity index is 475. The Labute approximate surface area is 101 Å². The zero-order chi connectivity index (χ0) is 14.1. The minimum absolute atomic E-state index is 0.385. The first-order valence-corrected chi connectivity index (χ1v) is 4.58. The van der Waals surface area contributed by atoms with Crippen molar-refractivity contribution in [3.8, 4) is 0 Å². The molecule has 0 atom stereocenters. The highest BCUT2D eigenvalue weighted by Crippen LogP contribution is 2.35. The largest absolute Gasteiger partial charge is 0.444 e. The van der Waals surface area contributed by atoms with Gasteiger partial charge in [0.2, 0.25) is 5.17 Å². The number of rotatable bonds is 1. The van der Waals surface area contributed by atoms with Crippen LogP contribution in [0.4, 0.5) is 36.4 Å². The van der Waals surface area contributed by atoms with Gasteiger partial charge in [-0.2, -0.15) is 26.3 Å². The van der Waals surface area contributed by atoms with Crippen LogP contribution in [0.25, 0.3) is 0 Å². The fraction of sp³-hybridized carbons (Fsp3) is 0.222. The Hall–Kier alpha value is -1.31. The fourth-order valence-electron chi connectivity index (χ4n) is 0.994. The summed E-state index contributed by atoms with van der Waals surface area (Å²) in [7, 11) is 0. The third kappa shape index (κ3) is 3.34. The van der Waals surface area contributed by atoms with Crippen LogP contribution in [0, 0.1) is 5.82 Å². The van der Waals surface area contributed by atoms with E-state index in [1.807, 2.05) is 0 Å². The Morgan fingerprint density at radius 2 is 1.61 bits per heavy atom. The number of hydrogen-bond donors (Lipinski definition) is 0. The summed E-state index contributed by atoms with van der Waals surface area (Å²) in [5.41, 5.74) is -2.84. The van der Waals surface area contributed by atoms with Gasteiger partial charge >= 0.3 is 12.4 Å². The van der Waals surface area contributed by atoms with Crippen LogP contribution < -0.4 is 0 Å². The lowest BCUT2D eigenvalue weighted by Gasteiger charge is -2.09. The molecule has 1 nitrogen and oxygen atoms in total. The van der Waals surface area contributed by atoms with Gasteiger partial charge in [-0.25, -0.2) is 9.38 Å². The molecule has 0 spiro atoms. The van der Waals surface area contributed by atoms with Crippen molar-refractivity contribution in [3.63, 3.8) is 0 Å². The molecule has 0 heterocycles. The van der Waals surface area contributed by atoms with Crippen molar-refractivity contribution in [1.82, 2.24) is 0 Å². The fourth-order valence-corrected chi connectivity index (χ4v) is 1.09. The number of hydrogen-bond acceptors (Lipinski definition) is 1. The molecule has 18 heavy (non-hydrogen) atoms. The molecule has 1 aromatic rings. The molecule has 1 aromatic carbocycles. The topological polar surface area (TPSA) is 12.4 Å². The lowest BCUT2D eigenvalue weighted by molar-refractivity contribution is -0.139. The summed E-state index contributed by atoms with van der Waals surface area (Å²) < 4.78 is 86.0. The van der Waals surface area contributed by atoms with Crippen molar-refractivity contribution in [2.24, 2.45) is 4.99 Å². The smallest absolute Gasteiger partial charge is 0.229 e.